The molecule has 0 aliphatic carbocycles. The third-order valence-electron chi connectivity index (χ3n) is 2.11. The molecule has 0 aliphatic heterocycles. The first kappa shape index (κ1) is 14.9. The van der Waals surface area contributed by atoms with Crippen LogP contribution in [-0.4, -0.2) is 20.7 Å². The number of rotatable bonds is 6. The summed E-state index contributed by atoms with van der Waals surface area (Å²) in [5, 5.41) is 8.69. The molecule has 0 radical (unpaired) electrons. The average molecular weight is 342 g/mol. The molecule has 17 heavy (non-hydrogen) atoms. The fourth-order valence-corrected chi connectivity index (χ4v) is 2.44. The molecule has 0 bridgehead atoms. The third kappa shape index (κ3) is 6.38. The third-order valence-corrected chi connectivity index (χ3v) is 3.83. The largest absolute Gasteiger partial charge is 0.313 e. The highest BCUT2D eigenvalue weighted by molar-refractivity contribution is 9.10. The molecule has 0 spiro atoms. The van der Waals surface area contributed by atoms with Crippen LogP contribution in [-0.2, 0) is 16.6 Å². The molecule has 0 heterocycles. The summed E-state index contributed by atoms with van der Waals surface area (Å²) >= 11 is 9.37. The Bertz CT molecular complexity index is 479. The van der Waals surface area contributed by atoms with Gasteiger partial charge in [-0.15, -0.1) is 0 Å². The maximum Gasteiger partial charge on any atom is 0.209 e. The van der Waals surface area contributed by atoms with Crippen molar-refractivity contribution in [3.63, 3.8) is 0 Å². The van der Waals surface area contributed by atoms with Crippen LogP contribution in [0.25, 0.3) is 0 Å². The summed E-state index contributed by atoms with van der Waals surface area (Å²) in [7, 11) is -3.36. The van der Waals surface area contributed by atoms with Gasteiger partial charge >= 0.3 is 0 Å². The molecule has 0 aromatic heterocycles. The van der Waals surface area contributed by atoms with Gasteiger partial charge in [0.1, 0.15) is 0 Å². The van der Waals surface area contributed by atoms with Crippen LogP contribution in [0.4, 0.5) is 0 Å². The average Bonchev–Trinajstić information content (AvgIpc) is 2.21. The number of hydrogen-bond acceptors (Lipinski definition) is 3. The molecule has 1 rings (SSSR count). The van der Waals surface area contributed by atoms with Crippen molar-refractivity contribution in [3.8, 4) is 0 Å². The Labute approximate surface area is 115 Å². The number of benzene rings is 1. The monoisotopic (exact) mass is 340 g/mol. The van der Waals surface area contributed by atoms with Crippen LogP contribution in [0.3, 0.4) is 0 Å². The van der Waals surface area contributed by atoms with Crippen molar-refractivity contribution in [1.82, 2.24) is 5.32 Å². The van der Waals surface area contributed by atoms with Gasteiger partial charge in [-0.05, 0) is 36.7 Å². The first-order valence-corrected chi connectivity index (χ1v) is 7.92. The van der Waals surface area contributed by atoms with E-state index in [0.717, 1.165) is 10.0 Å². The maximum atomic E-state index is 10.7. The van der Waals surface area contributed by atoms with E-state index in [2.05, 4.69) is 21.2 Å². The Kier molecular flexibility index (Phi) is 5.88. The molecule has 0 fully saturated rings. The highest BCUT2D eigenvalue weighted by atomic mass is 79.9. The van der Waals surface area contributed by atoms with Gasteiger partial charge in [0.25, 0.3) is 0 Å². The SMILES string of the molecule is NS(=O)(=O)CCCNCc1cc(Br)ccc1Cl. The molecule has 0 unspecified atom stereocenters. The van der Waals surface area contributed by atoms with Gasteiger partial charge in [0.2, 0.25) is 10.0 Å². The zero-order chi connectivity index (χ0) is 12.9. The molecule has 0 saturated carbocycles. The van der Waals surface area contributed by atoms with E-state index < -0.39 is 10.0 Å². The second kappa shape index (κ2) is 6.70. The van der Waals surface area contributed by atoms with E-state index >= 15 is 0 Å². The van der Waals surface area contributed by atoms with Crippen molar-refractivity contribution in [1.29, 1.82) is 0 Å². The summed E-state index contributed by atoms with van der Waals surface area (Å²) in [6, 6.07) is 5.61. The fourth-order valence-electron chi connectivity index (χ4n) is 1.30. The van der Waals surface area contributed by atoms with E-state index in [1.54, 1.807) is 0 Å². The van der Waals surface area contributed by atoms with Crippen molar-refractivity contribution in [3.05, 3.63) is 33.3 Å². The first-order chi connectivity index (χ1) is 7.88. The van der Waals surface area contributed by atoms with Gasteiger partial charge in [-0.25, -0.2) is 13.6 Å². The van der Waals surface area contributed by atoms with Crippen molar-refractivity contribution < 1.29 is 8.42 Å². The van der Waals surface area contributed by atoms with Crippen LogP contribution in [0, 0.1) is 0 Å². The molecule has 0 saturated heterocycles. The van der Waals surface area contributed by atoms with E-state index in [1.807, 2.05) is 18.2 Å². The minimum Gasteiger partial charge on any atom is -0.313 e. The highest BCUT2D eigenvalue weighted by Gasteiger charge is 2.03. The molecule has 7 heteroatoms. The molecule has 0 atom stereocenters. The molecule has 3 N–H and O–H groups in total. The smallest absolute Gasteiger partial charge is 0.209 e. The van der Waals surface area contributed by atoms with E-state index in [0.29, 0.717) is 24.5 Å². The van der Waals surface area contributed by atoms with Crippen molar-refractivity contribution >= 4 is 37.6 Å². The number of halogens is 2. The van der Waals surface area contributed by atoms with Crippen LogP contribution >= 0.6 is 27.5 Å². The Morgan fingerprint density at radius 1 is 1.41 bits per heavy atom. The second-order valence-electron chi connectivity index (χ2n) is 3.63. The molecule has 96 valence electrons. The van der Waals surface area contributed by atoms with E-state index in [9.17, 15) is 8.42 Å². The Morgan fingerprint density at radius 3 is 2.76 bits per heavy atom. The lowest BCUT2D eigenvalue weighted by molar-refractivity contribution is 0.590. The van der Waals surface area contributed by atoms with Gasteiger partial charge in [0, 0.05) is 16.0 Å². The Balaban J connectivity index is 2.34. The number of hydrogen-bond donors (Lipinski definition) is 2. The Morgan fingerprint density at radius 2 is 2.12 bits per heavy atom. The second-order valence-corrected chi connectivity index (χ2v) is 6.69. The van der Waals surface area contributed by atoms with Crippen LogP contribution in [0.1, 0.15) is 12.0 Å². The molecular weight excluding hydrogens is 328 g/mol. The van der Waals surface area contributed by atoms with E-state index in [-0.39, 0.29) is 5.75 Å². The van der Waals surface area contributed by atoms with Crippen molar-refractivity contribution in [2.75, 3.05) is 12.3 Å². The lowest BCUT2D eigenvalue weighted by Gasteiger charge is -2.07. The van der Waals surface area contributed by atoms with Gasteiger partial charge in [-0.2, -0.15) is 0 Å². The Hall–Kier alpha value is -0.140. The fraction of sp³-hybridized carbons (Fsp3) is 0.400. The summed E-state index contributed by atoms with van der Waals surface area (Å²) < 4.78 is 22.3. The zero-order valence-electron chi connectivity index (χ0n) is 9.12. The summed E-state index contributed by atoms with van der Waals surface area (Å²) in [5.74, 6) is -0.00772. The van der Waals surface area contributed by atoms with E-state index in [4.69, 9.17) is 16.7 Å². The predicted octanol–water partition coefficient (Wildman–Crippen LogP) is 1.87. The summed E-state index contributed by atoms with van der Waals surface area (Å²) in [5.41, 5.74) is 0.969. The highest BCUT2D eigenvalue weighted by Crippen LogP contribution is 2.20. The van der Waals surface area contributed by atoms with Crippen LogP contribution < -0.4 is 10.5 Å². The van der Waals surface area contributed by atoms with Gasteiger partial charge in [-0.3, -0.25) is 0 Å². The van der Waals surface area contributed by atoms with Gasteiger partial charge in [0.15, 0.2) is 0 Å². The maximum absolute atomic E-state index is 10.7. The predicted molar refractivity (Wildman–Crippen MR) is 73.4 cm³/mol. The van der Waals surface area contributed by atoms with Crippen molar-refractivity contribution in [2.45, 2.75) is 13.0 Å². The number of nitrogens with one attached hydrogen (secondary N) is 1. The molecule has 1 aromatic rings. The lowest BCUT2D eigenvalue weighted by Crippen LogP contribution is -2.22. The molecule has 4 nitrogen and oxygen atoms in total. The zero-order valence-corrected chi connectivity index (χ0v) is 12.3. The molecular formula is C10H14BrClN2O2S. The topological polar surface area (TPSA) is 72.2 Å². The minimum absolute atomic E-state index is 0.00772. The summed E-state index contributed by atoms with van der Waals surface area (Å²) in [6.45, 7) is 1.18. The number of nitrogens with two attached hydrogens (primary N) is 1. The first-order valence-electron chi connectivity index (χ1n) is 5.03. The minimum atomic E-state index is -3.36. The normalized spacial score (nSPS) is 11.7. The molecule has 0 aliphatic rings. The number of sulfonamides is 1. The lowest BCUT2D eigenvalue weighted by atomic mass is 10.2. The van der Waals surface area contributed by atoms with Gasteiger partial charge in [0.05, 0.1) is 5.75 Å². The molecule has 1 aromatic carbocycles. The van der Waals surface area contributed by atoms with Crippen molar-refractivity contribution in [2.24, 2.45) is 5.14 Å². The van der Waals surface area contributed by atoms with Crippen LogP contribution in [0.15, 0.2) is 22.7 Å². The van der Waals surface area contributed by atoms with Crippen LogP contribution in [0.2, 0.25) is 5.02 Å². The van der Waals surface area contributed by atoms with E-state index in [1.165, 1.54) is 0 Å². The standard InChI is InChI=1S/C10H14BrClN2O2S/c11-9-2-3-10(12)8(6-9)7-14-4-1-5-17(13,15)16/h2-3,6,14H,1,4-5,7H2,(H2,13,15,16). The summed E-state index contributed by atoms with van der Waals surface area (Å²) in [4.78, 5) is 0. The molecule has 0 amide bonds. The number of primary sulfonamides is 1. The quantitative estimate of drug-likeness (QED) is 0.776. The van der Waals surface area contributed by atoms with Gasteiger partial charge in [-0.1, -0.05) is 27.5 Å². The van der Waals surface area contributed by atoms with Crippen LogP contribution in [0.5, 0.6) is 0 Å². The van der Waals surface area contributed by atoms with Gasteiger partial charge < -0.3 is 5.32 Å². The summed E-state index contributed by atoms with van der Waals surface area (Å²) in [6.07, 6.45) is 0.491.